The number of carbonyl (C=O) groups excluding carboxylic acids is 1. The predicted octanol–water partition coefficient (Wildman–Crippen LogP) is 0.667. The van der Waals surface area contributed by atoms with Gasteiger partial charge in [-0.25, -0.2) is 0 Å². The summed E-state index contributed by atoms with van der Waals surface area (Å²) in [4.78, 5) is 9.77. The first-order valence-corrected chi connectivity index (χ1v) is 2.50. The van der Waals surface area contributed by atoms with Crippen molar-refractivity contribution in [2.24, 2.45) is 5.73 Å². The van der Waals surface area contributed by atoms with Crippen LogP contribution in [-0.4, -0.2) is 13.3 Å². The maximum Gasteiger partial charge on any atom is 0.185 e. The molecule has 1 heterocycles. The lowest BCUT2D eigenvalue weighted by atomic mass is 10.5. The van der Waals surface area contributed by atoms with Gasteiger partial charge in [0.05, 0.1) is 6.26 Å². The molecule has 0 aliphatic heterocycles. The molecule has 1 aromatic rings. The van der Waals surface area contributed by atoms with E-state index >= 15 is 0 Å². The highest BCUT2D eigenvalue weighted by atomic mass is 16.3. The molecule has 0 aliphatic rings. The Balaban J connectivity index is 0.000000291. The lowest BCUT2D eigenvalue weighted by molar-refractivity contribution is 0.110. The molecule has 50 valence electrons. The number of rotatable bonds is 1. The molecule has 0 radical (unpaired) electrons. The van der Waals surface area contributed by atoms with Crippen LogP contribution in [0.25, 0.3) is 0 Å². The first-order valence-electron chi connectivity index (χ1n) is 2.50. The Labute approximate surface area is 53.5 Å². The Kier molecular flexibility index (Phi) is 4.44. The third kappa shape index (κ3) is 2.66. The van der Waals surface area contributed by atoms with Crippen LogP contribution in [0.4, 0.5) is 0 Å². The number of carbonyl (C=O) groups is 1. The second kappa shape index (κ2) is 5.05. The SMILES string of the molecule is CN.O=Cc1ccco1. The van der Waals surface area contributed by atoms with Gasteiger partial charge in [-0.2, -0.15) is 0 Å². The van der Waals surface area contributed by atoms with Gasteiger partial charge in [-0.1, -0.05) is 0 Å². The zero-order chi connectivity index (χ0) is 7.11. The van der Waals surface area contributed by atoms with E-state index in [2.05, 4.69) is 10.2 Å². The lowest BCUT2D eigenvalue weighted by Gasteiger charge is -1.68. The monoisotopic (exact) mass is 127 g/mol. The molecule has 1 rings (SSSR count). The molecule has 3 heteroatoms. The summed E-state index contributed by atoms with van der Waals surface area (Å²) in [6.45, 7) is 0. The van der Waals surface area contributed by atoms with Crippen LogP contribution in [0.3, 0.4) is 0 Å². The van der Waals surface area contributed by atoms with Gasteiger partial charge in [0.2, 0.25) is 0 Å². The minimum atomic E-state index is 0.375. The Morgan fingerprint density at radius 2 is 2.33 bits per heavy atom. The summed E-state index contributed by atoms with van der Waals surface area (Å²) in [7, 11) is 1.50. The molecule has 9 heavy (non-hydrogen) atoms. The van der Waals surface area contributed by atoms with Crippen molar-refractivity contribution in [1.29, 1.82) is 0 Å². The quantitative estimate of drug-likeness (QED) is 0.564. The molecule has 0 saturated heterocycles. The highest BCUT2D eigenvalue weighted by molar-refractivity contribution is 5.69. The van der Waals surface area contributed by atoms with Crippen molar-refractivity contribution in [1.82, 2.24) is 0 Å². The van der Waals surface area contributed by atoms with E-state index in [1.807, 2.05) is 0 Å². The molecule has 0 amide bonds. The minimum absolute atomic E-state index is 0.375. The molecule has 0 unspecified atom stereocenters. The molecule has 0 bridgehead atoms. The van der Waals surface area contributed by atoms with Crippen molar-refractivity contribution in [2.75, 3.05) is 7.05 Å². The first-order chi connectivity index (χ1) is 4.43. The molecular weight excluding hydrogens is 118 g/mol. The third-order valence-corrected chi connectivity index (χ3v) is 0.659. The average molecular weight is 127 g/mol. The van der Waals surface area contributed by atoms with Gasteiger partial charge in [0.1, 0.15) is 0 Å². The fourth-order valence-electron chi connectivity index (χ4n) is 0.358. The van der Waals surface area contributed by atoms with E-state index in [4.69, 9.17) is 0 Å². The topological polar surface area (TPSA) is 56.2 Å². The van der Waals surface area contributed by atoms with E-state index in [0.717, 1.165) is 0 Å². The van der Waals surface area contributed by atoms with Crippen LogP contribution in [-0.2, 0) is 0 Å². The zero-order valence-corrected chi connectivity index (χ0v) is 5.20. The zero-order valence-electron chi connectivity index (χ0n) is 5.20. The lowest BCUT2D eigenvalue weighted by Crippen LogP contribution is -1.69. The summed E-state index contributed by atoms with van der Waals surface area (Å²) < 4.78 is 4.61. The smallest absolute Gasteiger partial charge is 0.185 e. The van der Waals surface area contributed by atoms with Crippen LogP contribution in [0.1, 0.15) is 10.6 Å². The first kappa shape index (κ1) is 7.91. The van der Waals surface area contributed by atoms with Crippen molar-refractivity contribution >= 4 is 6.29 Å². The third-order valence-electron chi connectivity index (χ3n) is 0.659. The number of hydrogen-bond donors (Lipinski definition) is 1. The van der Waals surface area contributed by atoms with Crippen LogP contribution in [0.2, 0.25) is 0 Å². The number of hydrogen-bond acceptors (Lipinski definition) is 3. The van der Waals surface area contributed by atoms with E-state index in [0.29, 0.717) is 12.0 Å². The number of aldehydes is 1. The summed E-state index contributed by atoms with van der Waals surface area (Å²) in [6, 6.07) is 3.27. The largest absolute Gasteiger partial charge is 0.462 e. The Bertz CT molecular complexity index is 146. The second-order valence-electron chi connectivity index (χ2n) is 1.13. The normalized spacial score (nSPS) is 7.33. The van der Waals surface area contributed by atoms with Crippen LogP contribution in [0.5, 0.6) is 0 Å². The van der Waals surface area contributed by atoms with Crippen molar-refractivity contribution in [3.05, 3.63) is 24.2 Å². The molecule has 0 fully saturated rings. The van der Waals surface area contributed by atoms with Gasteiger partial charge >= 0.3 is 0 Å². The van der Waals surface area contributed by atoms with Gasteiger partial charge in [0.15, 0.2) is 12.0 Å². The van der Waals surface area contributed by atoms with Gasteiger partial charge in [0, 0.05) is 0 Å². The Hall–Kier alpha value is -1.09. The van der Waals surface area contributed by atoms with E-state index in [1.165, 1.54) is 13.3 Å². The highest BCUT2D eigenvalue weighted by Gasteiger charge is 1.84. The Morgan fingerprint density at radius 1 is 1.67 bits per heavy atom. The van der Waals surface area contributed by atoms with Gasteiger partial charge in [-0.15, -0.1) is 0 Å². The second-order valence-corrected chi connectivity index (χ2v) is 1.13. The van der Waals surface area contributed by atoms with E-state index in [9.17, 15) is 4.79 Å². The summed E-state index contributed by atoms with van der Waals surface area (Å²) in [5.74, 6) is 0.375. The number of furan rings is 1. The molecule has 1 aromatic heterocycles. The average Bonchev–Trinajstić information content (AvgIpc) is 2.43. The molecule has 0 aliphatic carbocycles. The van der Waals surface area contributed by atoms with Gasteiger partial charge in [-0.3, -0.25) is 4.79 Å². The number of nitrogens with two attached hydrogens (primary N) is 1. The van der Waals surface area contributed by atoms with Gasteiger partial charge < -0.3 is 10.2 Å². The van der Waals surface area contributed by atoms with Crippen molar-refractivity contribution < 1.29 is 9.21 Å². The molecule has 0 aromatic carbocycles. The van der Waals surface area contributed by atoms with Crippen LogP contribution < -0.4 is 5.73 Å². The van der Waals surface area contributed by atoms with Crippen LogP contribution in [0.15, 0.2) is 22.8 Å². The van der Waals surface area contributed by atoms with E-state index in [-0.39, 0.29) is 0 Å². The molecule has 0 saturated carbocycles. The van der Waals surface area contributed by atoms with Crippen LogP contribution in [0, 0.1) is 0 Å². The molecular formula is C6H9NO2. The van der Waals surface area contributed by atoms with E-state index < -0.39 is 0 Å². The maximum absolute atomic E-state index is 9.77. The van der Waals surface area contributed by atoms with Gasteiger partial charge in [0.25, 0.3) is 0 Å². The fraction of sp³-hybridized carbons (Fsp3) is 0.167. The standard InChI is InChI=1S/C5H4O2.CH5N/c6-4-5-2-1-3-7-5;1-2/h1-4H;2H2,1H3. The van der Waals surface area contributed by atoms with Crippen molar-refractivity contribution in [3.63, 3.8) is 0 Å². The fourth-order valence-corrected chi connectivity index (χ4v) is 0.358. The molecule has 0 atom stereocenters. The summed E-state index contributed by atoms with van der Waals surface area (Å²) in [5, 5.41) is 0. The van der Waals surface area contributed by atoms with Crippen LogP contribution >= 0.6 is 0 Å². The predicted molar refractivity (Wildman–Crippen MR) is 34.2 cm³/mol. The van der Waals surface area contributed by atoms with Gasteiger partial charge in [-0.05, 0) is 19.2 Å². The molecule has 2 N–H and O–H groups in total. The molecule has 3 nitrogen and oxygen atoms in total. The van der Waals surface area contributed by atoms with Crippen molar-refractivity contribution in [3.8, 4) is 0 Å². The van der Waals surface area contributed by atoms with E-state index in [1.54, 1.807) is 12.1 Å². The highest BCUT2D eigenvalue weighted by Crippen LogP contribution is 1.92. The minimum Gasteiger partial charge on any atom is -0.462 e. The summed E-state index contributed by atoms with van der Waals surface area (Å²) in [6.07, 6.45) is 2.13. The maximum atomic E-state index is 9.77. The Morgan fingerprint density at radius 3 is 2.56 bits per heavy atom. The molecule has 0 spiro atoms. The summed E-state index contributed by atoms with van der Waals surface area (Å²) in [5.41, 5.74) is 4.50. The van der Waals surface area contributed by atoms with Crippen molar-refractivity contribution in [2.45, 2.75) is 0 Å². The summed E-state index contributed by atoms with van der Waals surface area (Å²) >= 11 is 0.